The third-order valence-electron chi connectivity index (χ3n) is 5.82. The Morgan fingerprint density at radius 1 is 0.885 bits per heavy atom. The summed E-state index contributed by atoms with van der Waals surface area (Å²) >= 11 is 0. The molecule has 2 bridgehead atoms. The van der Waals surface area contributed by atoms with Crippen LogP contribution in [0.3, 0.4) is 0 Å². The van der Waals surface area contributed by atoms with Gasteiger partial charge in [-0.25, -0.2) is 0 Å². The lowest BCUT2D eigenvalue weighted by molar-refractivity contribution is -0.154. The molecule has 0 N–H and O–H groups in total. The lowest BCUT2D eigenvalue weighted by Gasteiger charge is -2.36. The molecule has 0 saturated heterocycles. The number of hydrogen-bond acceptors (Lipinski definition) is 3. The molecule has 2 saturated carbocycles. The zero-order valence-corrected chi connectivity index (χ0v) is 14.9. The Morgan fingerprint density at radius 3 is 2.15 bits per heavy atom. The van der Waals surface area contributed by atoms with Crippen molar-refractivity contribution in [3.05, 3.63) is 60.2 Å². The van der Waals surface area contributed by atoms with Gasteiger partial charge in [-0.1, -0.05) is 61.0 Å². The van der Waals surface area contributed by atoms with E-state index in [1.807, 2.05) is 30.3 Å². The van der Waals surface area contributed by atoms with Crippen molar-refractivity contribution in [2.45, 2.75) is 38.7 Å². The molecule has 2 aliphatic rings. The fraction of sp³-hybridized carbons (Fsp3) is 0.391. The summed E-state index contributed by atoms with van der Waals surface area (Å²) in [6.45, 7) is 0.299. The number of hydrogen-bond donors (Lipinski definition) is 0. The van der Waals surface area contributed by atoms with Gasteiger partial charge in [0.25, 0.3) is 0 Å². The Balaban J connectivity index is 1.34. The number of fused-ring (bicyclic) bond motifs is 2. The number of ketones is 1. The van der Waals surface area contributed by atoms with Crippen LogP contribution in [-0.4, -0.2) is 11.8 Å². The highest BCUT2D eigenvalue weighted by Gasteiger charge is 2.41. The predicted octanol–water partition coefficient (Wildman–Crippen LogP) is 4.79. The lowest BCUT2D eigenvalue weighted by atomic mass is 9.67. The summed E-state index contributed by atoms with van der Waals surface area (Å²) in [4.78, 5) is 24.6. The molecule has 1 unspecified atom stereocenters. The molecular weight excluding hydrogens is 324 g/mol. The van der Waals surface area contributed by atoms with E-state index in [0.29, 0.717) is 25.2 Å². The van der Waals surface area contributed by atoms with Crippen LogP contribution in [0.5, 0.6) is 0 Å². The molecule has 134 valence electrons. The summed E-state index contributed by atoms with van der Waals surface area (Å²) in [6.07, 6.45) is 4.37. The van der Waals surface area contributed by atoms with Crippen molar-refractivity contribution >= 4 is 11.8 Å². The minimum Gasteiger partial charge on any atom is -0.461 e. The Labute approximate surface area is 154 Å². The van der Waals surface area contributed by atoms with Crippen LogP contribution in [0, 0.1) is 17.8 Å². The maximum atomic E-state index is 12.5. The summed E-state index contributed by atoms with van der Waals surface area (Å²) in [5.74, 6) is 0.320. The predicted molar refractivity (Wildman–Crippen MR) is 100 cm³/mol. The third kappa shape index (κ3) is 3.57. The van der Waals surface area contributed by atoms with Crippen LogP contribution in [0.2, 0.25) is 0 Å². The number of ether oxygens (including phenoxy) is 1. The maximum absolute atomic E-state index is 12.5. The number of carbonyl (C=O) groups excluding carboxylic acids is 2. The van der Waals surface area contributed by atoms with E-state index in [0.717, 1.165) is 30.4 Å². The summed E-state index contributed by atoms with van der Waals surface area (Å²) in [5, 5.41) is 0. The van der Waals surface area contributed by atoms with Gasteiger partial charge in [-0.05, 0) is 42.4 Å². The van der Waals surface area contributed by atoms with E-state index in [4.69, 9.17) is 4.74 Å². The summed E-state index contributed by atoms with van der Waals surface area (Å²) < 4.78 is 5.56. The van der Waals surface area contributed by atoms with Crippen LogP contribution >= 0.6 is 0 Å². The van der Waals surface area contributed by atoms with Gasteiger partial charge >= 0.3 is 5.97 Å². The molecule has 2 aliphatic carbocycles. The van der Waals surface area contributed by atoms with E-state index in [9.17, 15) is 9.59 Å². The minimum atomic E-state index is -0.137. The third-order valence-corrected chi connectivity index (χ3v) is 5.82. The molecule has 2 aromatic rings. The van der Waals surface area contributed by atoms with Crippen molar-refractivity contribution in [2.24, 2.45) is 17.8 Å². The Bertz CT molecular complexity index is 763. The smallest absolute Gasteiger partial charge is 0.309 e. The molecule has 0 spiro atoms. The van der Waals surface area contributed by atoms with Gasteiger partial charge in [0.1, 0.15) is 12.4 Å². The fourth-order valence-corrected chi connectivity index (χ4v) is 4.37. The lowest BCUT2D eigenvalue weighted by Crippen LogP contribution is -2.39. The Morgan fingerprint density at radius 2 is 1.50 bits per heavy atom. The van der Waals surface area contributed by atoms with Crippen molar-refractivity contribution < 1.29 is 14.3 Å². The quantitative estimate of drug-likeness (QED) is 0.746. The first-order valence-corrected chi connectivity index (χ1v) is 9.55. The fourth-order valence-electron chi connectivity index (χ4n) is 4.37. The molecule has 0 heterocycles. The molecule has 0 aliphatic heterocycles. The van der Waals surface area contributed by atoms with Gasteiger partial charge in [0.15, 0.2) is 0 Å². The summed E-state index contributed by atoms with van der Waals surface area (Å²) in [6, 6.07) is 18.3. The summed E-state index contributed by atoms with van der Waals surface area (Å²) in [7, 11) is 0. The van der Waals surface area contributed by atoms with Crippen LogP contribution in [0.25, 0.3) is 11.1 Å². The molecule has 0 radical (unpaired) electrons. The zero-order valence-electron chi connectivity index (χ0n) is 14.9. The van der Waals surface area contributed by atoms with E-state index in [1.54, 1.807) is 0 Å². The second-order valence-corrected chi connectivity index (χ2v) is 7.57. The second-order valence-electron chi connectivity index (χ2n) is 7.57. The molecule has 0 amide bonds. The summed E-state index contributed by atoms with van der Waals surface area (Å²) in [5.41, 5.74) is 3.32. The molecule has 0 aromatic heterocycles. The molecule has 26 heavy (non-hydrogen) atoms. The maximum Gasteiger partial charge on any atom is 0.309 e. The van der Waals surface area contributed by atoms with Gasteiger partial charge in [-0.15, -0.1) is 0 Å². The molecule has 3 nitrogen and oxygen atoms in total. The highest BCUT2D eigenvalue weighted by atomic mass is 16.5. The van der Waals surface area contributed by atoms with E-state index in [-0.39, 0.29) is 23.7 Å². The number of esters is 1. The van der Waals surface area contributed by atoms with E-state index < -0.39 is 0 Å². The van der Waals surface area contributed by atoms with Crippen LogP contribution < -0.4 is 0 Å². The zero-order chi connectivity index (χ0) is 17.9. The van der Waals surface area contributed by atoms with E-state index >= 15 is 0 Å². The van der Waals surface area contributed by atoms with Gasteiger partial charge in [-0.2, -0.15) is 0 Å². The van der Waals surface area contributed by atoms with Gasteiger partial charge in [-0.3, -0.25) is 9.59 Å². The largest absolute Gasteiger partial charge is 0.461 e. The van der Waals surface area contributed by atoms with Crippen molar-refractivity contribution in [3.8, 4) is 11.1 Å². The van der Waals surface area contributed by atoms with Gasteiger partial charge in [0.05, 0.1) is 5.92 Å². The number of rotatable bonds is 4. The van der Waals surface area contributed by atoms with Crippen molar-refractivity contribution in [3.63, 3.8) is 0 Å². The van der Waals surface area contributed by atoms with Crippen LogP contribution in [0.4, 0.5) is 0 Å². The van der Waals surface area contributed by atoms with Crippen LogP contribution in [0.1, 0.15) is 37.7 Å². The standard InChI is InChI=1S/C23H24O3/c24-22-19-7-4-8-20(22)14-21(13-19)23(25)26-15-16-9-11-18(12-10-16)17-5-2-1-3-6-17/h1-3,5-6,9-12,19-21H,4,7-8,13-15H2/t19-,20+,21?. The van der Waals surface area contributed by atoms with E-state index in [2.05, 4.69) is 24.3 Å². The topological polar surface area (TPSA) is 43.4 Å². The van der Waals surface area contributed by atoms with Crippen molar-refractivity contribution in [2.75, 3.05) is 0 Å². The SMILES string of the molecule is O=C(OCc1ccc(-c2ccccc2)cc1)C1C[C@H]2CCC[C@@H](C1)C2=O. The normalized spacial score (nSPS) is 24.9. The highest BCUT2D eigenvalue weighted by molar-refractivity contribution is 5.87. The number of carbonyl (C=O) groups is 2. The molecule has 2 fully saturated rings. The first-order valence-electron chi connectivity index (χ1n) is 9.55. The van der Waals surface area contributed by atoms with Gasteiger partial charge in [0.2, 0.25) is 0 Å². The van der Waals surface area contributed by atoms with Gasteiger partial charge < -0.3 is 4.74 Å². The molecule has 4 rings (SSSR count). The van der Waals surface area contributed by atoms with Gasteiger partial charge in [0, 0.05) is 11.8 Å². The van der Waals surface area contributed by atoms with Crippen molar-refractivity contribution in [1.29, 1.82) is 0 Å². The highest BCUT2D eigenvalue weighted by Crippen LogP contribution is 2.40. The Kier molecular flexibility index (Phi) is 4.87. The first kappa shape index (κ1) is 17.0. The van der Waals surface area contributed by atoms with Crippen LogP contribution in [-0.2, 0) is 20.9 Å². The van der Waals surface area contributed by atoms with Crippen molar-refractivity contribution in [1.82, 2.24) is 0 Å². The second kappa shape index (κ2) is 7.45. The van der Waals surface area contributed by atoms with Crippen LogP contribution in [0.15, 0.2) is 54.6 Å². The molecular formula is C23H24O3. The number of benzene rings is 2. The molecule has 3 heteroatoms. The molecule has 2 aromatic carbocycles. The average molecular weight is 348 g/mol. The minimum absolute atomic E-state index is 0.0882. The first-order chi connectivity index (χ1) is 12.7. The molecule has 3 atom stereocenters. The van der Waals surface area contributed by atoms with E-state index in [1.165, 1.54) is 5.56 Å². The Hall–Kier alpha value is -2.42. The number of Topliss-reactive ketones (excluding diaryl/α,β-unsaturated/α-hetero) is 1. The monoisotopic (exact) mass is 348 g/mol. The average Bonchev–Trinajstić information content (AvgIpc) is 2.67.